The third-order valence-electron chi connectivity index (χ3n) is 18.3. The van der Waals surface area contributed by atoms with E-state index in [2.05, 4.69) is 105 Å². The second-order valence-corrected chi connectivity index (χ2v) is 31.1. The monoisotopic (exact) mass is 1740 g/mol. The maximum absolute atomic E-state index is 13.0. The van der Waals surface area contributed by atoms with E-state index in [0.717, 1.165) is 38.7 Å². The normalized spacial score (nSPS) is 11.3. The molecule has 0 aliphatic carbocycles. The molecule has 38 heteroatoms. The van der Waals surface area contributed by atoms with Gasteiger partial charge in [0.25, 0.3) is 0 Å². The minimum Gasteiger partial charge on any atom is -0.481 e. The molecule has 16 aromatic heterocycles. The first kappa shape index (κ1) is 91.7. The molecule has 16 heterocycles. The lowest BCUT2D eigenvalue weighted by Gasteiger charge is -2.27. The molecule has 0 aromatic carbocycles. The lowest BCUT2D eigenvalue weighted by atomic mass is 10.0. The molecule has 1 atom stereocenters. The molecule has 6 N–H and O–H groups in total. The van der Waals surface area contributed by atoms with Crippen LogP contribution in [0.1, 0.15) is 144 Å². The summed E-state index contributed by atoms with van der Waals surface area (Å²) in [5, 5.41) is 17.2. The number of methoxy groups -OCH3 is 4. The number of nitrogens with zero attached hydrogens (tertiary/aromatic N) is 19. The first-order valence-corrected chi connectivity index (χ1v) is 39.9. The van der Waals surface area contributed by atoms with E-state index in [-0.39, 0.29) is 31.2 Å². The van der Waals surface area contributed by atoms with E-state index >= 15 is 0 Å². The van der Waals surface area contributed by atoms with Gasteiger partial charge in [0, 0.05) is 179 Å². The van der Waals surface area contributed by atoms with Gasteiger partial charge in [-0.3, -0.25) is 29.1 Å². The summed E-state index contributed by atoms with van der Waals surface area (Å²) in [6.07, 6.45) is 29.9. The van der Waals surface area contributed by atoms with E-state index < -0.39 is 41.2 Å². The van der Waals surface area contributed by atoms with Crippen LogP contribution >= 0.6 is 0 Å². The van der Waals surface area contributed by atoms with Gasteiger partial charge in [-0.2, -0.15) is 0 Å². The number of aromatic nitrogens is 20. The Balaban J connectivity index is 0.000000151. The average molecular weight is 1750 g/mol. The van der Waals surface area contributed by atoms with Crippen molar-refractivity contribution in [3.05, 3.63) is 289 Å². The minimum absolute atomic E-state index is 0.130. The van der Waals surface area contributed by atoms with Crippen LogP contribution in [0.5, 0.6) is 23.5 Å². The van der Waals surface area contributed by atoms with Crippen LogP contribution in [-0.4, -0.2) is 186 Å². The van der Waals surface area contributed by atoms with Crippen LogP contribution in [-0.2, 0) is 40.4 Å². The lowest BCUT2D eigenvalue weighted by molar-refractivity contribution is 0.0565. The highest BCUT2D eigenvalue weighted by molar-refractivity contribution is 6.16. The predicted octanol–water partition coefficient (Wildman–Crippen LogP) is 14.5. The largest absolute Gasteiger partial charge is 0.481 e. The van der Waals surface area contributed by atoms with Crippen molar-refractivity contribution in [2.24, 2.45) is 0 Å². The second kappa shape index (κ2) is 42.2. The average Bonchev–Trinajstić information content (AvgIpc) is 1.47. The van der Waals surface area contributed by atoms with Crippen molar-refractivity contribution in [2.75, 3.05) is 48.5 Å². The number of nitrogens with one attached hydrogen (secondary N) is 5. The van der Waals surface area contributed by atoms with Crippen LogP contribution < -0.4 is 39.0 Å². The van der Waals surface area contributed by atoms with Crippen molar-refractivity contribution in [1.29, 1.82) is 0 Å². The van der Waals surface area contributed by atoms with Crippen LogP contribution in [0.15, 0.2) is 228 Å². The van der Waals surface area contributed by atoms with Gasteiger partial charge in [-0.25, -0.2) is 94.1 Å². The van der Waals surface area contributed by atoms with E-state index in [1.54, 1.807) is 223 Å². The SMILES string of the molecule is COc1ccc(CN(C(=O)OC(C)(C)C)c2ccc(C(=O)c3c[nH]c4ncncc34)cn2)cn1.COc1ccc(CN(C(=O)OC(C)(C)C)c2ccc(C(O)c3c[nH]c4ncncc34)cn2)cn1.COc1ccc(CN(C(=O)OC(C)(C)C)c2ccc(C=O)cn2)cn1.COc1ccc(CNc2ccc(C(=O)c3c[nH]c4ncncc34)cn2)cn1.c1ncc2cc[nH]c2n1. The van der Waals surface area contributed by atoms with Gasteiger partial charge < -0.3 is 63.5 Å². The number of amides is 3. The first-order valence-electron chi connectivity index (χ1n) is 39.9. The Morgan fingerprint density at radius 3 is 1.17 bits per heavy atom. The minimum atomic E-state index is -0.943. The zero-order valence-corrected chi connectivity index (χ0v) is 72.6. The fraction of sp³-hybridized carbons (Fsp3) is 0.231. The number of aromatic amines is 4. The van der Waals surface area contributed by atoms with E-state index in [1.165, 1.54) is 79.9 Å². The van der Waals surface area contributed by atoms with Crippen molar-refractivity contribution < 1.29 is 67.0 Å². The van der Waals surface area contributed by atoms with Crippen LogP contribution in [0, 0.1) is 0 Å². The summed E-state index contributed by atoms with van der Waals surface area (Å²) < 4.78 is 36.9. The number of fused-ring (bicyclic) bond motifs is 4. The Morgan fingerprint density at radius 1 is 0.395 bits per heavy atom. The lowest BCUT2D eigenvalue weighted by Crippen LogP contribution is -2.37. The van der Waals surface area contributed by atoms with Gasteiger partial charge in [-0.05, 0) is 133 Å². The molecular weight excluding hydrogens is 1650 g/mol. The smallest absolute Gasteiger partial charge is 0.416 e. The van der Waals surface area contributed by atoms with Crippen molar-refractivity contribution in [3.8, 4) is 23.5 Å². The zero-order valence-electron chi connectivity index (χ0n) is 72.6. The van der Waals surface area contributed by atoms with E-state index in [4.69, 9.17) is 33.2 Å². The predicted molar refractivity (Wildman–Crippen MR) is 477 cm³/mol. The Morgan fingerprint density at radius 2 is 0.791 bits per heavy atom. The van der Waals surface area contributed by atoms with Gasteiger partial charge in [0.15, 0.2) is 17.9 Å². The first-order chi connectivity index (χ1) is 62.0. The summed E-state index contributed by atoms with van der Waals surface area (Å²) in [5.74, 6) is 3.41. The number of carbonyl (C=O) groups is 6. The van der Waals surface area contributed by atoms with Crippen LogP contribution in [0.2, 0.25) is 0 Å². The maximum atomic E-state index is 13.0. The van der Waals surface area contributed by atoms with E-state index in [1.807, 2.05) is 30.5 Å². The molecule has 16 aromatic rings. The number of aliphatic hydroxyl groups is 1. The maximum Gasteiger partial charge on any atom is 0.416 e. The van der Waals surface area contributed by atoms with Crippen LogP contribution in [0.4, 0.5) is 37.7 Å². The topological polar surface area (TPSA) is 478 Å². The van der Waals surface area contributed by atoms with E-state index in [9.17, 15) is 33.9 Å². The Labute approximate surface area is 738 Å². The number of ether oxygens (including phenoxy) is 7. The van der Waals surface area contributed by atoms with Gasteiger partial charge in [0.2, 0.25) is 23.5 Å². The number of aldehydes is 1. The number of aliphatic hydroxyl groups excluding tert-OH is 1. The molecule has 3 amide bonds. The zero-order chi connectivity index (χ0) is 91.8. The molecule has 1 unspecified atom stereocenters. The summed E-state index contributed by atoms with van der Waals surface area (Å²) in [7, 11) is 6.19. The number of hydrogen-bond acceptors (Lipinski definition) is 31. The van der Waals surface area contributed by atoms with Gasteiger partial charge in [0.05, 0.1) is 59.2 Å². The number of carbonyl (C=O) groups excluding carboxylic acids is 6. The van der Waals surface area contributed by atoms with Crippen molar-refractivity contribution in [1.82, 2.24) is 99.7 Å². The summed E-state index contributed by atoms with van der Waals surface area (Å²) in [6, 6.07) is 29.6. The fourth-order valence-electron chi connectivity index (χ4n) is 12.1. The summed E-state index contributed by atoms with van der Waals surface area (Å²) >= 11 is 0. The van der Waals surface area contributed by atoms with Gasteiger partial charge >= 0.3 is 18.3 Å². The highest BCUT2D eigenvalue weighted by Gasteiger charge is 2.30. The molecule has 0 aliphatic rings. The van der Waals surface area contributed by atoms with Crippen molar-refractivity contribution in [3.63, 3.8) is 0 Å². The Bertz CT molecular complexity index is 6390. The van der Waals surface area contributed by atoms with Crippen LogP contribution in [0.3, 0.4) is 0 Å². The standard InChI is InChI=1S/C24H26N6O4.C24H24N6O4.C19H16N6O2.C18H21N3O4.C6H5N3/c2*1-24(2,3)34-23(32)30(13-15-5-8-20(33-4)27-9-15)19-7-6-16(10-26-19)21(31)17-12-28-22-18(17)11-25-14-29-22;1-27-17-5-2-12(7-23-17)6-21-16-4-3-13(8-22-16)18(26)14-10-24-19-15(14)9-20-11-25-19;1-18(2,3)25-17(23)21(15-7-5-14(12-22)10-19-15)11-13-6-8-16(24-4)20-9-13;1-2-8-6-5(1)3-7-4-9-6/h5-12,14,21,31H,13H2,1-4H3,(H,25,28,29);5-12,14H,13H2,1-4H3,(H,25,28,29);2-5,7-11H,6H2,1H3,(H,21,22)(H,20,24,25);5-10,12H,11H2,1-4H3;1-4H,(H,7,8,9). The van der Waals surface area contributed by atoms with Crippen molar-refractivity contribution in [2.45, 2.75) is 111 Å². The summed E-state index contributed by atoms with van der Waals surface area (Å²) in [6.45, 7) is 17.3. The molecule has 0 spiro atoms. The number of H-pyrrole nitrogens is 4. The molecule has 0 radical (unpaired) electrons. The highest BCUT2D eigenvalue weighted by Crippen LogP contribution is 2.31. The number of rotatable bonds is 23. The fourth-order valence-corrected chi connectivity index (χ4v) is 12.1. The molecule has 0 bridgehead atoms. The third-order valence-corrected chi connectivity index (χ3v) is 18.3. The number of ketones is 2. The molecule has 0 saturated carbocycles. The van der Waals surface area contributed by atoms with Gasteiger partial charge in [-0.1, -0.05) is 30.3 Å². The molecule has 0 aliphatic heterocycles. The molecule has 0 saturated heterocycles. The Kier molecular flexibility index (Phi) is 30.0. The molecule has 38 nitrogen and oxygen atoms in total. The van der Waals surface area contributed by atoms with Crippen LogP contribution in [0.25, 0.3) is 44.1 Å². The van der Waals surface area contributed by atoms with Gasteiger partial charge in [-0.15, -0.1) is 0 Å². The summed E-state index contributed by atoms with van der Waals surface area (Å²) in [4.78, 5) is 157. The molecule has 129 heavy (non-hydrogen) atoms. The van der Waals surface area contributed by atoms with E-state index in [0.29, 0.717) is 126 Å². The Hall–Kier alpha value is -16.5. The molecule has 0 fully saturated rings. The quantitative estimate of drug-likeness (QED) is 0.0197. The van der Waals surface area contributed by atoms with Crippen molar-refractivity contribution >= 4 is 104 Å². The van der Waals surface area contributed by atoms with Gasteiger partial charge in [0.1, 0.15) is 94.1 Å². The molecule has 16 rings (SSSR count). The summed E-state index contributed by atoms with van der Waals surface area (Å²) in [5.41, 5.74) is 7.49. The second-order valence-electron chi connectivity index (χ2n) is 31.1. The number of anilines is 4. The molecular formula is C91H92N24O14. The highest BCUT2D eigenvalue weighted by atomic mass is 16.6. The third kappa shape index (κ3) is 25.1. The number of hydrogen-bond donors (Lipinski definition) is 6. The molecule has 660 valence electrons. The number of pyridine rings is 8.